The fourth-order valence-corrected chi connectivity index (χ4v) is 4.63. The zero-order valence-electron chi connectivity index (χ0n) is 14.7. The van der Waals surface area contributed by atoms with Crippen molar-refractivity contribution in [1.82, 2.24) is 0 Å². The number of rotatable bonds is 4. The average Bonchev–Trinajstić information content (AvgIpc) is 3.05. The standard InChI is InChI=1S/C17H25BO5S/c1-16(2)17(3,4)23-18(22-16)14-6-5-7-15(10-14)24(19,20)12-13-8-9-21-11-13/h5-7,10,13H,8-9,11-12H2,1-4H3. The minimum absolute atomic E-state index is 0.0792. The number of hydrogen-bond donors (Lipinski definition) is 0. The molecule has 0 saturated carbocycles. The maximum atomic E-state index is 12.7. The van der Waals surface area contributed by atoms with Gasteiger partial charge in [-0.2, -0.15) is 0 Å². The van der Waals surface area contributed by atoms with Crippen LogP contribution in [-0.4, -0.2) is 45.7 Å². The van der Waals surface area contributed by atoms with Gasteiger partial charge in [0.2, 0.25) is 0 Å². The second-order valence-corrected chi connectivity index (χ2v) is 9.71. The molecule has 2 aliphatic heterocycles. The van der Waals surface area contributed by atoms with Crippen molar-refractivity contribution in [1.29, 1.82) is 0 Å². The fraction of sp³-hybridized carbons (Fsp3) is 0.647. The van der Waals surface area contributed by atoms with Gasteiger partial charge in [-0.15, -0.1) is 0 Å². The Labute approximate surface area is 144 Å². The lowest BCUT2D eigenvalue weighted by Crippen LogP contribution is -2.41. The molecule has 5 nitrogen and oxygen atoms in total. The third-order valence-corrected chi connectivity index (χ3v) is 7.10. The summed E-state index contributed by atoms with van der Waals surface area (Å²) in [6.45, 7) is 9.09. The van der Waals surface area contributed by atoms with E-state index in [-0.39, 0.29) is 11.7 Å². The van der Waals surface area contributed by atoms with Crippen LogP contribution in [0.4, 0.5) is 0 Å². The molecule has 0 bridgehead atoms. The molecule has 0 aliphatic carbocycles. The molecular formula is C17H25BO5S. The van der Waals surface area contributed by atoms with Gasteiger partial charge in [0.25, 0.3) is 0 Å². The maximum absolute atomic E-state index is 12.7. The van der Waals surface area contributed by atoms with E-state index in [1.165, 1.54) is 0 Å². The molecule has 2 heterocycles. The zero-order chi connectivity index (χ0) is 17.6. The Morgan fingerprint density at radius 2 is 1.83 bits per heavy atom. The quantitative estimate of drug-likeness (QED) is 0.774. The van der Waals surface area contributed by atoms with E-state index in [9.17, 15) is 8.42 Å². The van der Waals surface area contributed by atoms with Gasteiger partial charge < -0.3 is 14.0 Å². The van der Waals surface area contributed by atoms with Crippen LogP contribution in [-0.2, 0) is 23.9 Å². The minimum atomic E-state index is -3.34. The summed E-state index contributed by atoms with van der Waals surface area (Å²) in [6, 6.07) is 6.91. The van der Waals surface area contributed by atoms with Gasteiger partial charge in [-0.1, -0.05) is 12.1 Å². The van der Waals surface area contributed by atoms with Crippen LogP contribution in [0.15, 0.2) is 29.2 Å². The molecule has 0 aromatic heterocycles. The highest BCUT2D eigenvalue weighted by Crippen LogP contribution is 2.36. The van der Waals surface area contributed by atoms with Crippen molar-refractivity contribution in [3.8, 4) is 0 Å². The summed E-state index contributed by atoms with van der Waals surface area (Å²) >= 11 is 0. The number of ether oxygens (including phenoxy) is 1. The summed E-state index contributed by atoms with van der Waals surface area (Å²) in [5, 5.41) is 0. The normalized spacial score (nSPS) is 26.0. The van der Waals surface area contributed by atoms with Gasteiger partial charge in [0.05, 0.1) is 28.5 Å². The van der Waals surface area contributed by atoms with E-state index in [1.807, 2.05) is 33.8 Å². The molecule has 2 aliphatic rings. The van der Waals surface area contributed by atoms with Gasteiger partial charge in [0.15, 0.2) is 9.84 Å². The summed E-state index contributed by atoms with van der Waals surface area (Å²) in [6.07, 6.45) is 0.802. The Kier molecular flexibility index (Phi) is 4.58. The smallest absolute Gasteiger partial charge is 0.399 e. The molecule has 24 heavy (non-hydrogen) atoms. The molecule has 2 saturated heterocycles. The van der Waals surface area contributed by atoms with Crippen molar-refractivity contribution in [2.75, 3.05) is 19.0 Å². The molecule has 1 atom stereocenters. The SMILES string of the molecule is CC1(C)OB(c2cccc(S(=O)(=O)CC3CCOC3)c2)OC1(C)C. The largest absolute Gasteiger partial charge is 0.494 e. The highest BCUT2D eigenvalue weighted by Gasteiger charge is 2.51. The molecule has 7 heteroatoms. The second-order valence-electron chi connectivity index (χ2n) is 7.67. The van der Waals surface area contributed by atoms with E-state index >= 15 is 0 Å². The van der Waals surface area contributed by atoms with E-state index in [0.717, 1.165) is 11.9 Å². The third-order valence-electron chi connectivity index (χ3n) is 5.22. The van der Waals surface area contributed by atoms with Crippen LogP contribution in [0, 0.1) is 5.92 Å². The van der Waals surface area contributed by atoms with Gasteiger partial charge in [-0.05, 0) is 57.6 Å². The molecule has 0 N–H and O–H groups in total. The highest BCUT2D eigenvalue weighted by molar-refractivity contribution is 7.91. The number of sulfone groups is 1. The summed E-state index contributed by atoms with van der Waals surface area (Å²) in [7, 11) is -3.90. The lowest BCUT2D eigenvalue weighted by atomic mass is 9.79. The summed E-state index contributed by atoms with van der Waals surface area (Å²) in [5.41, 5.74) is -0.168. The first-order chi connectivity index (χ1) is 11.1. The lowest BCUT2D eigenvalue weighted by molar-refractivity contribution is 0.00578. The van der Waals surface area contributed by atoms with Gasteiger partial charge in [-0.3, -0.25) is 0 Å². The predicted molar refractivity (Wildman–Crippen MR) is 93.1 cm³/mol. The Bertz CT molecular complexity index is 691. The van der Waals surface area contributed by atoms with Gasteiger partial charge in [0.1, 0.15) is 0 Å². The Morgan fingerprint density at radius 3 is 2.42 bits per heavy atom. The first-order valence-electron chi connectivity index (χ1n) is 8.37. The van der Waals surface area contributed by atoms with Crippen molar-refractivity contribution in [2.24, 2.45) is 5.92 Å². The topological polar surface area (TPSA) is 61.8 Å². The van der Waals surface area contributed by atoms with Crippen LogP contribution in [0.2, 0.25) is 0 Å². The summed E-state index contributed by atoms with van der Waals surface area (Å²) in [5.74, 6) is 0.204. The van der Waals surface area contributed by atoms with E-state index in [0.29, 0.717) is 18.1 Å². The summed E-state index contributed by atoms with van der Waals surface area (Å²) < 4.78 is 42.7. The van der Waals surface area contributed by atoms with E-state index in [1.54, 1.807) is 18.2 Å². The maximum Gasteiger partial charge on any atom is 0.494 e. The molecule has 1 unspecified atom stereocenters. The van der Waals surface area contributed by atoms with Crippen LogP contribution in [0.5, 0.6) is 0 Å². The molecule has 3 rings (SSSR count). The molecule has 0 spiro atoms. The van der Waals surface area contributed by atoms with Crippen molar-refractivity contribution >= 4 is 22.4 Å². The molecule has 1 aromatic rings. The second kappa shape index (κ2) is 6.13. The van der Waals surface area contributed by atoms with E-state index in [4.69, 9.17) is 14.0 Å². The van der Waals surface area contributed by atoms with Crippen LogP contribution in [0.1, 0.15) is 34.1 Å². The average molecular weight is 352 g/mol. The highest BCUT2D eigenvalue weighted by atomic mass is 32.2. The van der Waals surface area contributed by atoms with Crippen molar-refractivity contribution in [2.45, 2.75) is 50.2 Å². The van der Waals surface area contributed by atoms with Crippen LogP contribution in [0.25, 0.3) is 0 Å². The Morgan fingerprint density at radius 1 is 1.17 bits per heavy atom. The van der Waals surface area contributed by atoms with Gasteiger partial charge in [-0.25, -0.2) is 8.42 Å². The molecule has 1 aromatic carbocycles. The Balaban J connectivity index is 1.82. The summed E-state index contributed by atoms with van der Waals surface area (Å²) in [4.78, 5) is 0.321. The molecular weight excluding hydrogens is 327 g/mol. The zero-order valence-corrected chi connectivity index (χ0v) is 15.6. The first kappa shape index (κ1) is 17.9. The first-order valence-corrected chi connectivity index (χ1v) is 10.0. The predicted octanol–water partition coefficient (Wildman–Crippen LogP) is 1.80. The van der Waals surface area contributed by atoms with E-state index in [2.05, 4.69) is 0 Å². The monoisotopic (exact) mass is 352 g/mol. The number of hydrogen-bond acceptors (Lipinski definition) is 5. The third kappa shape index (κ3) is 3.40. The Hall–Kier alpha value is -0.885. The van der Waals surface area contributed by atoms with Gasteiger partial charge >= 0.3 is 7.12 Å². The molecule has 132 valence electrons. The molecule has 0 amide bonds. The van der Waals surface area contributed by atoms with Crippen LogP contribution < -0.4 is 5.46 Å². The van der Waals surface area contributed by atoms with Crippen LogP contribution in [0.3, 0.4) is 0 Å². The molecule has 0 radical (unpaired) electrons. The lowest BCUT2D eigenvalue weighted by Gasteiger charge is -2.32. The molecule has 2 fully saturated rings. The van der Waals surface area contributed by atoms with Crippen molar-refractivity contribution < 1.29 is 22.5 Å². The minimum Gasteiger partial charge on any atom is -0.399 e. The van der Waals surface area contributed by atoms with Crippen molar-refractivity contribution in [3.63, 3.8) is 0 Å². The van der Waals surface area contributed by atoms with Crippen LogP contribution >= 0.6 is 0 Å². The van der Waals surface area contributed by atoms with Crippen molar-refractivity contribution in [3.05, 3.63) is 24.3 Å². The number of benzene rings is 1. The fourth-order valence-electron chi connectivity index (χ4n) is 2.96. The van der Waals surface area contributed by atoms with Gasteiger partial charge in [0, 0.05) is 6.61 Å². The van der Waals surface area contributed by atoms with E-state index < -0.39 is 28.2 Å².